The Kier molecular flexibility index (Phi) is 5.66. The normalized spacial score (nSPS) is 12.7. The molecule has 0 aromatic heterocycles. The van der Waals surface area contributed by atoms with Gasteiger partial charge in [-0.3, -0.25) is 4.79 Å². The molecule has 1 aromatic rings. The van der Waals surface area contributed by atoms with Gasteiger partial charge in [-0.1, -0.05) is 6.92 Å². The van der Waals surface area contributed by atoms with E-state index < -0.39 is 6.36 Å². The zero-order valence-electron chi connectivity index (χ0n) is 11.3. The Hall–Kier alpha value is -1.92. The molecule has 4 nitrogen and oxygen atoms in total. The highest BCUT2D eigenvalue weighted by atomic mass is 19.4. The van der Waals surface area contributed by atoms with Crippen LogP contribution in [0.4, 0.5) is 18.9 Å². The van der Waals surface area contributed by atoms with E-state index in [2.05, 4.69) is 15.4 Å². The standard InChI is InChI=1S/C13H17F3N2O2/c1-3-9(2)18-12(19)8-17-10-4-6-11(7-5-10)20-13(14,15)16/h4-7,9,17H,3,8H2,1-2H3,(H,18,19). The summed E-state index contributed by atoms with van der Waals surface area (Å²) in [6.07, 6.45) is -3.87. The highest BCUT2D eigenvalue weighted by Gasteiger charge is 2.30. The Morgan fingerprint density at radius 3 is 2.40 bits per heavy atom. The molecule has 0 aliphatic heterocycles. The average Bonchev–Trinajstić information content (AvgIpc) is 2.36. The van der Waals surface area contributed by atoms with Crippen molar-refractivity contribution in [3.05, 3.63) is 24.3 Å². The third-order valence-corrected chi connectivity index (χ3v) is 2.56. The predicted octanol–water partition coefficient (Wildman–Crippen LogP) is 2.91. The molecule has 2 N–H and O–H groups in total. The van der Waals surface area contributed by atoms with Crippen LogP contribution in [-0.4, -0.2) is 24.9 Å². The maximum atomic E-state index is 12.0. The number of carbonyl (C=O) groups is 1. The van der Waals surface area contributed by atoms with Crippen LogP contribution in [0.3, 0.4) is 0 Å². The van der Waals surface area contributed by atoms with Gasteiger partial charge in [-0.15, -0.1) is 13.2 Å². The highest BCUT2D eigenvalue weighted by molar-refractivity contribution is 5.80. The van der Waals surface area contributed by atoms with Crippen LogP contribution >= 0.6 is 0 Å². The zero-order valence-corrected chi connectivity index (χ0v) is 11.3. The Balaban J connectivity index is 2.44. The number of nitrogens with one attached hydrogen (secondary N) is 2. The number of alkyl halides is 3. The highest BCUT2D eigenvalue weighted by Crippen LogP contribution is 2.23. The molecular formula is C13H17F3N2O2. The minimum Gasteiger partial charge on any atom is -0.406 e. The summed E-state index contributed by atoms with van der Waals surface area (Å²) < 4.78 is 39.6. The molecule has 0 heterocycles. The van der Waals surface area contributed by atoms with E-state index in [0.717, 1.165) is 6.42 Å². The molecule has 0 fully saturated rings. The van der Waals surface area contributed by atoms with Gasteiger partial charge in [0.1, 0.15) is 5.75 Å². The van der Waals surface area contributed by atoms with E-state index in [1.165, 1.54) is 24.3 Å². The monoisotopic (exact) mass is 290 g/mol. The number of hydrogen-bond donors (Lipinski definition) is 2. The second-order valence-corrected chi connectivity index (χ2v) is 4.30. The lowest BCUT2D eigenvalue weighted by Gasteiger charge is -2.13. The lowest BCUT2D eigenvalue weighted by Crippen LogP contribution is -2.36. The summed E-state index contributed by atoms with van der Waals surface area (Å²) in [6, 6.07) is 5.28. The van der Waals surface area contributed by atoms with Crippen molar-refractivity contribution in [2.45, 2.75) is 32.7 Å². The molecule has 0 saturated carbocycles. The Labute approximate surface area is 115 Å². The van der Waals surface area contributed by atoms with Crippen molar-refractivity contribution in [3.63, 3.8) is 0 Å². The van der Waals surface area contributed by atoms with Gasteiger partial charge in [-0.25, -0.2) is 0 Å². The van der Waals surface area contributed by atoms with E-state index in [1.807, 2.05) is 13.8 Å². The van der Waals surface area contributed by atoms with E-state index in [1.54, 1.807) is 0 Å². The molecule has 1 rings (SSSR count). The van der Waals surface area contributed by atoms with Crippen molar-refractivity contribution in [3.8, 4) is 5.75 Å². The third-order valence-electron chi connectivity index (χ3n) is 2.56. The topological polar surface area (TPSA) is 50.4 Å². The van der Waals surface area contributed by atoms with Gasteiger partial charge < -0.3 is 15.4 Å². The second kappa shape index (κ2) is 7.02. The summed E-state index contributed by atoms with van der Waals surface area (Å²) in [4.78, 5) is 11.5. The summed E-state index contributed by atoms with van der Waals surface area (Å²) in [5.74, 6) is -0.470. The SMILES string of the molecule is CCC(C)NC(=O)CNc1ccc(OC(F)(F)F)cc1. The first kappa shape index (κ1) is 16.1. The van der Waals surface area contributed by atoms with Crippen LogP contribution in [0.25, 0.3) is 0 Å². The predicted molar refractivity (Wildman–Crippen MR) is 69.5 cm³/mol. The molecule has 1 amide bonds. The van der Waals surface area contributed by atoms with Crippen LogP contribution < -0.4 is 15.4 Å². The van der Waals surface area contributed by atoms with Gasteiger partial charge in [0.15, 0.2) is 0 Å². The molecule has 0 radical (unpaired) electrons. The lowest BCUT2D eigenvalue weighted by molar-refractivity contribution is -0.274. The van der Waals surface area contributed by atoms with Gasteiger partial charge in [-0.05, 0) is 37.6 Å². The van der Waals surface area contributed by atoms with Gasteiger partial charge in [-0.2, -0.15) is 0 Å². The van der Waals surface area contributed by atoms with Crippen LogP contribution in [0.2, 0.25) is 0 Å². The molecule has 1 atom stereocenters. The van der Waals surface area contributed by atoms with E-state index in [0.29, 0.717) is 5.69 Å². The summed E-state index contributed by atoms with van der Waals surface area (Å²) in [5.41, 5.74) is 0.541. The summed E-state index contributed by atoms with van der Waals surface area (Å²) >= 11 is 0. The fourth-order valence-corrected chi connectivity index (χ4v) is 1.38. The van der Waals surface area contributed by atoms with Gasteiger partial charge in [0, 0.05) is 11.7 Å². The number of hydrogen-bond acceptors (Lipinski definition) is 3. The smallest absolute Gasteiger partial charge is 0.406 e. The van der Waals surface area contributed by atoms with Crippen LogP contribution in [0, 0.1) is 0 Å². The first-order chi connectivity index (χ1) is 9.30. The molecule has 0 bridgehead atoms. The largest absolute Gasteiger partial charge is 0.573 e. The summed E-state index contributed by atoms with van der Waals surface area (Å²) in [5, 5.41) is 5.58. The molecule has 1 aromatic carbocycles. The van der Waals surface area contributed by atoms with E-state index in [9.17, 15) is 18.0 Å². The van der Waals surface area contributed by atoms with Crippen LogP contribution in [0.15, 0.2) is 24.3 Å². The van der Waals surface area contributed by atoms with Crippen molar-refractivity contribution in [1.29, 1.82) is 0 Å². The molecule has 20 heavy (non-hydrogen) atoms. The fourth-order valence-electron chi connectivity index (χ4n) is 1.38. The summed E-state index contributed by atoms with van der Waals surface area (Å²) in [7, 11) is 0. The van der Waals surface area contributed by atoms with Crippen LogP contribution in [-0.2, 0) is 4.79 Å². The maximum Gasteiger partial charge on any atom is 0.573 e. The average molecular weight is 290 g/mol. The molecule has 0 spiro atoms. The first-order valence-electron chi connectivity index (χ1n) is 6.19. The van der Waals surface area contributed by atoms with Crippen molar-refractivity contribution in [1.82, 2.24) is 5.32 Å². The van der Waals surface area contributed by atoms with Gasteiger partial charge >= 0.3 is 6.36 Å². The Morgan fingerprint density at radius 1 is 1.30 bits per heavy atom. The molecule has 0 saturated heterocycles. The molecule has 112 valence electrons. The first-order valence-corrected chi connectivity index (χ1v) is 6.19. The van der Waals surface area contributed by atoms with Crippen LogP contribution in [0.1, 0.15) is 20.3 Å². The number of carbonyl (C=O) groups excluding carboxylic acids is 1. The van der Waals surface area contributed by atoms with Gasteiger partial charge in [0.2, 0.25) is 5.91 Å². The molecular weight excluding hydrogens is 273 g/mol. The third kappa shape index (κ3) is 6.31. The van der Waals surface area contributed by atoms with Crippen molar-refractivity contribution in [2.24, 2.45) is 0 Å². The van der Waals surface area contributed by atoms with Crippen molar-refractivity contribution < 1.29 is 22.7 Å². The number of anilines is 1. The van der Waals surface area contributed by atoms with E-state index in [4.69, 9.17) is 0 Å². The maximum absolute atomic E-state index is 12.0. The molecule has 7 heteroatoms. The second-order valence-electron chi connectivity index (χ2n) is 4.30. The number of rotatable bonds is 6. The number of benzene rings is 1. The molecule has 0 aliphatic rings. The number of halogens is 3. The zero-order chi connectivity index (χ0) is 15.2. The van der Waals surface area contributed by atoms with E-state index >= 15 is 0 Å². The quantitative estimate of drug-likeness (QED) is 0.847. The Bertz CT molecular complexity index is 432. The molecule has 1 unspecified atom stereocenters. The minimum atomic E-state index is -4.70. The van der Waals surface area contributed by atoms with Crippen molar-refractivity contribution >= 4 is 11.6 Å². The van der Waals surface area contributed by atoms with Crippen molar-refractivity contribution in [2.75, 3.05) is 11.9 Å². The molecule has 0 aliphatic carbocycles. The van der Waals surface area contributed by atoms with Crippen LogP contribution in [0.5, 0.6) is 5.75 Å². The van der Waals surface area contributed by atoms with Gasteiger partial charge in [0.05, 0.1) is 6.54 Å². The Morgan fingerprint density at radius 2 is 1.90 bits per heavy atom. The van der Waals surface area contributed by atoms with Gasteiger partial charge in [0.25, 0.3) is 0 Å². The minimum absolute atomic E-state index is 0.0593. The summed E-state index contributed by atoms with van der Waals surface area (Å²) in [6.45, 7) is 3.91. The van der Waals surface area contributed by atoms with E-state index in [-0.39, 0.29) is 24.2 Å². The number of amides is 1. The number of ether oxygens (including phenoxy) is 1. The lowest BCUT2D eigenvalue weighted by atomic mass is 10.2. The fraction of sp³-hybridized carbons (Fsp3) is 0.462.